The van der Waals surface area contributed by atoms with E-state index in [0.29, 0.717) is 45.9 Å². The van der Waals surface area contributed by atoms with Crippen LogP contribution in [0, 0.1) is 13.8 Å². The van der Waals surface area contributed by atoms with Crippen LogP contribution in [0.1, 0.15) is 57.6 Å². The molecule has 12 nitrogen and oxygen atoms in total. The van der Waals surface area contributed by atoms with Crippen LogP contribution in [0.3, 0.4) is 0 Å². The van der Waals surface area contributed by atoms with E-state index in [1.807, 2.05) is 24.9 Å². The number of methoxy groups -OCH3 is 1. The van der Waals surface area contributed by atoms with Crippen LogP contribution in [-0.4, -0.2) is 94.7 Å². The molecule has 2 saturated heterocycles. The second kappa shape index (κ2) is 10.1. The fourth-order valence-electron chi connectivity index (χ4n) is 7.86. The number of carbonyl (C=O) groups is 2. The number of cyclic esters (lactones) is 1. The molecule has 5 aliphatic heterocycles. The van der Waals surface area contributed by atoms with Gasteiger partial charge in [0.1, 0.15) is 24.6 Å². The third-order valence-electron chi connectivity index (χ3n) is 9.65. The average Bonchev–Trinajstić information content (AvgIpc) is 3.45. The quantitative estimate of drug-likeness (QED) is 0.367. The van der Waals surface area contributed by atoms with Gasteiger partial charge < -0.3 is 39.6 Å². The summed E-state index contributed by atoms with van der Waals surface area (Å²) in [7, 11) is 3.46. The number of ether oxygens (including phenoxy) is 4. The Morgan fingerprint density at radius 1 is 1.12 bits per heavy atom. The molecule has 43 heavy (non-hydrogen) atoms. The molecule has 0 aliphatic carbocycles. The molecule has 4 unspecified atom stereocenters. The molecule has 7 rings (SSSR count). The molecule has 1 amide bonds. The number of likely N-dealkylation sites (N-methyl/N-ethyl adjacent to an activating group) is 1. The molecule has 2 aromatic rings. The Morgan fingerprint density at radius 3 is 2.58 bits per heavy atom. The van der Waals surface area contributed by atoms with Crippen molar-refractivity contribution in [3.63, 3.8) is 0 Å². The number of esters is 1. The van der Waals surface area contributed by atoms with Crippen molar-refractivity contribution in [1.29, 1.82) is 0 Å². The van der Waals surface area contributed by atoms with E-state index in [-0.39, 0.29) is 42.6 Å². The summed E-state index contributed by atoms with van der Waals surface area (Å²) in [4.78, 5) is 29.3. The lowest BCUT2D eigenvalue weighted by atomic mass is 9.73. The topological polar surface area (TPSA) is 150 Å². The van der Waals surface area contributed by atoms with E-state index in [4.69, 9.17) is 18.9 Å². The highest BCUT2D eigenvalue weighted by atomic mass is 32.2. The van der Waals surface area contributed by atoms with Crippen LogP contribution in [0.4, 0.5) is 0 Å². The first kappa shape index (κ1) is 28.4. The van der Waals surface area contributed by atoms with Crippen molar-refractivity contribution in [1.82, 2.24) is 15.1 Å². The first-order valence-electron chi connectivity index (χ1n) is 14.3. The summed E-state index contributed by atoms with van der Waals surface area (Å²) >= 11 is 1.39. The maximum absolute atomic E-state index is 13.2. The second-order valence-electron chi connectivity index (χ2n) is 11.9. The first-order chi connectivity index (χ1) is 20.5. The molecule has 0 spiro atoms. The largest absolute Gasteiger partial charge is 0.507 e. The number of rotatable bonds is 2. The minimum absolute atomic E-state index is 0.0264. The molecule has 2 fully saturated rings. The lowest BCUT2D eigenvalue weighted by molar-refractivity contribution is -0.184. The zero-order valence-electron chi connectivity index (χ0n) is 24.5. The Hall–Kier alpha value is -3.39. The van der Waals surface area contributed by atoms with Crippen LogP contribution in [0.15, 0.2) is 6.07 Å². The van der Waals surface area contributed by atoms with E-state index >= 15 is 0 Å². The number of nitrogens with one attached hydrogen (secondary N) is 1. The summed E-state index contributed by atoms with van der Waals surface area (Å²) in [6, 6.07) is -0.897. The zero-order chi connectivity index (χ0) is 30.5. The van der Waals surface area contributed by atoms with Crippen LogP contribution in [0.2, 0.25) is 0 Å². The van der Waals surface area contributed by atoms with Gasteiger partial charge in [0, 0.05) is 41.0 Å². The van der Waals surface area contributed by atoms with E-state index in [1.54, 1.807) is 6.92 Å². The molecular weight excluding hydrogens is 578 g/mol. The number of phenols is 2. The number of aromatic hydroxyl groups is 2. The Labute approximate surface area is 252 Å². The predicted molar refractivity (Wildman–Crippen MR) is 154 cm³/mol. The van der Waals surface area contributed by atoms with E-state index in [1.165, 1.54) is 25.8 Å². The summed E-state index contributed by atoms with van der Waals surface area (Å²) < 4.78 is 23.2. The summed E-state index contributed by atoms with van der Waals surface area (Å²) in [6.07, 6.45) is -0.514. The van der Waals surface area contributed by atoms with Crippen LogP contribution < -0.4 is 19.5 Å². The molecule has 5 heterocycles. The number of aryl methyl sites for hydroxylation is 1. The summed E-state index contributed by atoms with van der Waals surface area (Å²) in [5, 5.41) is 37.8. The van der Waals surface area contributed by atoms with E-state index < -0.39 is 41.6 Å². The Balaban J connectivity index is 1.49. The molecule has 0 saturated carbocycles. The van der Waals surface area contributed by atoms with E-state index in [9.17, 15) is 24.9 Å². The highest BCUT2D eigenvalue weighted by molar-refractivity contribution is 7.99. The lowest BCUT2D eigenvalue weighted by Gasteiger charge is -2.61. The fraction of sp³-hybridized carbons (Fsp3) is 0.533. The van der Waals surface area contributed by atoms with Gasteiger partial charge in [-0.2, -0.15) is 0 Å². The summed E-state index contributed by atoms with van der Waals surface area (Å²) in [6.45, 7) is 4.81. The van der Waals surface area contributed by atoms with Crippen LogP contribution in [0.5, 0.6) is 28.7 Å². The number of benzene rings is 2. The van der Waals surface area contributed by atoms with Gasteiger partial charge in [0.15, 0.2) is 23.0 Å². The number of piperazine rings is 1. The van der Waals surface area contributed by atoms with Crippen molar-refractivity contribution in [2.75, 3.05) is 33.3 Å². The van der Waals surface area contributed by atoms with Crippen molar-refractivity contribution >= 4 is 23.6 Å². The van der Waals surface area contributed by atoms with E-state index in [0.717, 1.165) is 11.1 Å². The highest BCUT2D eigenvalue weighted by Crippen LogP contribution is 2.63. The minimum Gasteiger partial charge on any atom is -0.507 e. The Morgan fingerprint density at radius 2 is 1.86 bits per heavy atom. The number of fused-ring (bicyclic) bond motifs is 9. The average molecular weight is 614 g/mol. The third kappa shape index (κ3) is 3.94. The van der Waals surface area contributed by atoms with Crippen molar-refractivity contribution in [3.8, 4) is 28.7 Å². The van der Waals surface area contributed by atoms with Crippen molar-refractivity contribution in [3.05, 3.63) is 39.4 Å². The minimum atomic E-state index is -0.990. The molecule has 0 radical (unpaired) electrons. The predicted octanol–water partition coefficient (Wildman–Crippen LogP) is 1.94. The number of phenolic OH excluding ortho intramolecular Hbond substituents is 2. The number of aliphatic hydroxyl groups excluding tert-OH is 1. The number of nitrogens with zero attached hydrogens (tertiary/aromatic N) is 2. The van der Waals surface area contributed by atoms with Gasteiger partial charge in [-0.05, 0) is 38.4 Å². The monoisotopic (exact) mass is 613 g/mol. The molecule has 0 aromatic heterocycles. The number of hydrogen-bond donors (Lipinski definition) is 4. The van der Waals surface area contributed by atoms with Crippen molar-refractivity contribution < 1.29 is 43.9 Å². The number of carbonyl (C=O) groups excluding carboxylic acids is 2. The molecule has 230 valence electrons. The third-order valence-corrected chi connectivity index (χ3v) is 11.0. The first-order valence-corrected chi connectivity index (χ1v) is 15.4. The van der Waals surface area contributed by atoms with Crippen molar-refractivity contribution in [2.24, 2.45) is 0 Å². The molecule has 7 atom stereocenters. The SMILES string of the molecule is COc1c(C)cc2c(c1O)C1C3[C@@H]4SCC(NC(C)=O)C(=O)OC[C@@H](c5c6c(c(C)c(O)c54)OCO6)N3[C@@H](O)C(C2)N1C. The van der Waals surface area contributed by atoms with Gasteiger partial charge in [-0.25, -0.2) is 4.79 Å². The molecule has 13 heteroatoms. The molecule has 4 bridgehead atoms. The van der Waals surface area contributed by atoms with Gasteiger partial charge in [0.2, 0.25) is 12.7 Å². The normalized spacial score (nSPS) is 31.0. The lowest BCUT2D eigenvalue weighted by Crippen LogP contribution is -2.69. The van der Waals surface area contributed by atoms with Gasteiger partial charge in [-0.1, -0.05) is 6.07 Å². The zero-order valence-corrected chi connectivity index (χ0v) is 25.4. The van der Waals surface area contributed by atoms with Crippen LogP contribution in [0.25, 0.3) is 0 Å². The van der Waals surface area contributed by atoms with Gasteiger partial charge in [0.25, 0.3) is 0 Å². The smallest absolute Gasteiger partial charge is 0.329 e. The highest BCUT2D eigenvalue weighted by Gasteiger charge is 2.60. The number of amides is 1. The number of aliphatic hydroxyl groups is 1. The Bertz CT molecular complexity index is 1550. The van der Waals surface area contributed by atoms with Gasteiger partial charge in [-0.3, -0.25) is 14.6 Å². The van der Waals surface area contributed by atoms with Gasteiger partial charge in [0.05, 0.1) is 30.5 Å². The maximum Gasteiger partial charge on any atom is 0.329 e. The standard InChI is InChI=1S/C30H35N3O9S/c1-11-6-14-7-16-29(37)33-17-8-40-30(38)15(31-13(3)34)9-43-28(20-19(17)27-26(41-10-42-27)12(2)23(20)35)22(33)21(32(16)4)18(14)24(36)25(11)39-5/h6,15-17,21-22,28-29,35-37H,7-10H2,1-5H3,(H,31,34)/t15?,16?,17-,21?,22?,28+,29-/m0/s1. The van der Waals surface area contributed by atoms with Gasteiger partial charge >= 0.3 is 5.97 Å². The maximum atomic E-state index is 13.2. The molecule has 2 aromatic carbocycles. The summed E-state index contributed by atoms with van der Waals surface area (Å²) in [5.41, 5.74) is 4.19. The second-order valence-corrected chi connectivity index (χ2v) is 13.1. The fourth-order valence-corrected chi connectivity index (χ4v) is 9.37. The summed E-state index contributed by atoms with van der Waals surface area (Å²) in [5.74, 6) is 0.588. The molecule has 5 aliphatic rings. The number of hydrogen-bond acceptors (Lipinski definition) is 12. The Kier molecular flexibility index (Phi) is 6.65. The molecular formula is C30H35N3O9S. The van der Waals surface area contributed by atoms with E-state index in [2.05, 4.69) is 10.2 Å². The molecule has 4 N–H and O–H groups in total. The number of thioether (sulfide) groups is 1. The van der Waals surface area contributed by atoms with Crippen LogP contribution in [-0.2, 0) is 20.7 Å². The van der Waals surface area contributed by atoms with Gasteiger partial charge in [-0.15, -0.1) is 11.8 Å². The van der Waals surface area contributed by atoms with Crippen molar-refractivity contribution in [2.45, 2.75) is 68.9 Å². The van der Waals surface area contributed by atoms with Crippen LogP contribution >= 0.6 is 11.8 Å².